The topological polar surface area (TPSA) is 9.23 Å². The summed E-state index contributed by atoms with van der Waals surface area (Å²) in [6.07, 6.45) is -0.273. The molecule has 0 radical (unpaired) electrons. The summed E-state index contributed by atoms with van der Waals surface area (Å²) in [7, 11) is 0. The number of hydrogen-bond acceptors (Lipinski definition) is 1. The van der Waals surface area contributed by atoms with E-state index in [1.165, 1.54) is 49.9 Å². The van der Waals surface area contributed by atoms with Crippen molar-refractivity contribution in [3.8, 4) is 16.9 Å². The minimum atomic E-state index is -4.12. The normalized spacial score (nSPS) is 19.4. The average Bonchev–Trinajstić information content (AvgIpc) is 2.68. The fraction of sp³-hybridized carbons (Fsp3) is 0.417. The van der Waals surface area contributed by atoms with Gasteiger partial charge in [0.05, 0.1) is 6.08 Å². The van der Waals surface area contributed by atoms with Gasteiger partial charge in [-0.3, -0.25) is 0 Å². The molecule has 1 nitrogen and oxygen atoms in total. The van der Waals surface area contributed by atoms with Gasteiger partial charge >= 0.3 is 6.11 Å². The Morgan fingerprint density at radius 2 is 1.70 bits per heavy atom. The molecular formula is C24H25F5O. The summed E-state index contributed by atoms with van der Waals surface area (Å²) < 4.78 is 69.7. The van der Waals surface area contributed by atoms with E-state index in [1.807, 2.05) is 6.07 Å². The van der Waals surface area contributed by atoms with Crippen LogP contribution in [0.3, 0.4) is 0 Å². The lowest BCUT2D eigenvalue weighted by molar-refractivity contribution is -0.133. The molecule has 0 atom stereocenters. The quantitative estimate of drug-likeness (QED) is 0.406. The Kier molecular flexibility index (Phi) is 7.16. The number of ether oxygens (including phenoxy) is 1. The molecule has 0 unspecified atom stereocenters. The van der Waals surface area contributed by atoms with Crippen molar-refractivity contribution in [2.24, 2.45) is 5.92 Å². The summed E-state index contributed by atoms with van der Waals surface area (Å²) in [5.74, 6) is 0.482. The molecule has 6 heteroatoms. The van der Waals surface area contributed by atoms with Crippen molar-refractivity contribution in [2.45, 2.75) is 57.5 Å². The molecule has 3 rings (SSSR count). The Balaban J connectivity index is 1.69. The Morgan fingerprint density at radius 3 is 2.27 bits per heavy atom. The van der Waals surface area contributed by atoms with Crippen LogP contribution in [0.1, 0.15) is 56.9 Å². The highest BCUT2D eigenvalue weighted by molar-refractivity contribution is 5.65. The zero-order chi connectivity index (χ0) is 21.7. The molecule has 0 spiro atoms. The van der Waals surface area contributed by atoms with E-state index in [0.717, 1.165) is 24.3 Å². The van der Waals surface area contributed by atoms with E-state index in [9.17, 15) is 22.0 Å². The molecule has 0 heterocycles. The van der Waals surface area contributed by atoms with Crippen LogP contribution in [0.15, 0.2) is 54.6 Å². The maximum absolute atomic E-state index is 14.8. The second-order valence-electron chi connectivity index (χ2n) is 7.87. The monoisotopic (exact) mass is 424 g/mol. The van der Waals surface area contributed by atoms with Crippen LogP contribution in [-0.4, -0.2) is 6.11 Å². The van der Waals surface area contributed by atoms with Gasteiger partial charge < -0.3 is 4.74 Å². The van der Waals surface area contributed by atoms with Crippen molar-refractivity contribution in [1.29, 1.82) is 0 Å². The lowest BCUT2D eigenvalue weighted by Crippen LogP contribution is -2.21. The maximum Gasteiger partial charge on any atom is 0.425 e. The zero-order valence-corrected chi connectivity index (χ0v) is 16.8. The first-order chi connectivity index (χ1) is 14.3. The summed E-state index contributed by atoms with van der Waals surface area (Å²) in [6, 6.07) is 10.5. The lowest BCUT2D eigenvalue weighted by Gasteiger charge is -2.28. The number of rotatable bonds is 7. The molecule has 0 amide bonds. The van der Waals surface area contributed by atoms with Crippen LogP contribution in [0.4, 0.5) is 22.0 Å². The summed E-state index contributed by atoms with van der Waals surface area (Å²) >= 11 is 0. The first-order valence-electron chi connectivity index (χ1n) is 10.3. The van der Waals surface area contributed by atoms with E-state index in [1.54, 1.807) is 12.1 Å². The van der Waals surface area contributed by atoms with E-state index in [4.69, 9.17) is 0 Å². The van der Waals surface area contributed by atoms with E-state index < -0.39 is 18.3 Å². The minimum Gasteiger partial charge on any atom is -0.429 e. The van der Waals surface area contributed by atoms with Crippen molar-refractivity contribution >= 4 is 0 Å². The van der Waals surface area contributed by atoms with Gasteiger partial charge in [-0.1, -0.05) is 44.0 Å². The van der Waals surface area contributed by atoms with E-state index in [-0.39, 0.29) is 11.6 Å². The van der Waals surface area contributed by atoms with Gasteiger partial charge in [-0.15, -0.1) is 0 Å². The molecule has 0 aromatic heterocycles. The number of hydrogen-bond donors (Lipinski definition) is 0. The summed E-state index contributed by atoms with van der Waals surface area (Å²) in [5, 5.41) is 0. The first kappa shape index (κ1) is 22.3. The second-order valence-corrected chi connectivity index (χ2v) is 7.87. The fourth-order valence-electron chi connectivity index (χ4n) is 4.23. The molecule has 0 saturated heterocycles. The average molecular weight is 424 g/mol. The van der Waals surface area contributed by atoms with Crippen molar-refractivity contribution in [2.75, 3.05) is 0 Å². The summed E-state index contributed by atoms with van der Waals surface area (Å²) in [4.78, 5) is 0. The molecule has 162 valence electrons. The van der Waals surface area contributed by atoms with Crippen molar-refractivity contribution in [1.82, 2.24) is 0 Å². The second kappa shape index (κ2) is 9.63. The predicted molar refractivity (Wildman–Crippen MR) is 107 cm³/mol. The molecule has 1 aliphatic rings. The van der Waals surface area contributed by atoms with Crippen LogP contribution in [-0.2, 0) is 0 Å². The van der Waals surface area contributed by atoms with E-state index in [0.29, 0.717) is 17.0 Å². The third-order valence-corrected chi connectivity index (χ3v) is 5.70. The van der Waals surface area contributed by atoms with Gasteiger partial charge in [0.15, 0.2) is 0 Å². The predicted octanol–water partition coefficient (Wildman–Crippen LogP) is 8.32. The Hall–Kier alpha value is -2.37. The maximum atomic E-state index is 14.8. The van der Waals surface area contributed by atoms with Gasteiger partial charge in [0.2, 0.25) is 0 Å². The third kappa shape index (κ3) is 5.83. The van der Waals surface area contributed by atoms with Crippen LogP contribution in [0.5, 0.6) is 5.75 Å². The van der Waals surface area contributed by atoms with Crippen molar-refractivity contribution in [3.05, 3.63) is 66.0 Å². The molecule has 2 aromatic rings. The van der Waals surface area contributed by atoms with Crippen molar-refractivity contribution in [3.63, 3.8) is 0 Å². The smallest absolute Gasteiger partial charge is 0.425 e. The molecule has 1 aliphatic carbocycles. The molecule has 0 bridgehead atoms. The van der Waals surface area contributed by atoms with E-state index >= 15 is 0 Å². The Bertz CT molecular complexity index is 864. The molecule has 0 aliphatic heterocycles. The standard InChI is InChI=1S/C24H25F5O/c1-2-3-16-4-6-17(7-5-16)19-10-13-21(22(25)14-19)18-8-11-20(12-9-18)30-24(28,29)15-23(26)27/h8-17H,2-7H2,1H3. The van der Waals surface area contributed by atoms with Crippen LogP contribution in [0.25, 0.3) is 11.1 Å². The third-order valence-electron chi connectivity index (χ3n) is 5.70. The molecule has 1 fully saturated rings. The first-order valence-corrected chi connectivity index (χ1v) is 10.3. The zero-order valence-electron chi connectivity index (χ0n) is 16.8. The fourth-order valence-corrected chi connectivity index (χ4v) is 4.23. The largest absolute Gasteiger partial charge is 0.429 e. The van der Waals surface area contributed by atoms with Crippen LogP contribution in [0.2, 0.25) is 0 Å². The van der Waals surface area contributed by atoms with Gasteiger partial charge in [-0.2, -0.15) is 17.6 Å². The van der Waals surface area contributed by atoms with Crippen LogP contribution >= 0.6 is 0 Å². The highest BCUT2D eigenvalue weighted by atomic mass is 19.3. The Labute approximate surface area is 173 Å². The van der Waals surface area contributed by atoms with Crippen LogP contribution < -0.4 is 4.74 Å². The summed E-state index contributed by atoms with van der Waals surface area (Å²) in [6.45, 7) is 2.20. The lowest BCUT2D eigenvalue weighted by atomic mass is 9.77. The number of benzene rings is 2. The van der Waals surface area contributed by atoms with Gasteiger partial charge in [0.1, 0.15) is 11.6 Å². The molecule has 2 aromatic carbocycles. The molecule has 0 N–H and O–H groups in total. The number of halogens is 5. The van der Waals surface area contributed by atoms with Gasteiger partial charge in [-0.25, -0.2) is 4.39 Å². The van der Waals surface area contributed by atoms with Crippen LogP contribution in [0, 0.1) is 11.7 Å². The van der Waals surface area contributed by atoms with E-state index in [2.05, 4.69) is 11.7 Å². The van der Waals surface area contributed by atoms with Crippen molar-refractivity contribution < 1.29 is 26.7 Å². The SMILES string of the molecule is CCCC1CCC(c2ccc(-c3ccc(OC(F)(F)C=C(F)F)cc3)c(F)c2)CC1. The molecular weight excluding hydrogens is 399 g/mol. The highest BCUT2D eigenvalue weighted by Gasteiger charge is 2.30. The molecule has 30 heavy (non-hydrogen) atoms. The summed E-state index contributed by atoms with van der Waals surface area (Å²) in [5.41, 5.74) is 1.84. The van der Waals surface area contributed by atoms with Gasteiger partial charge in [0, 0.05) is 5.56 Å². The van der Waals surface area contributed by atoms with Gasteiger partial charge in [-0.05, 0) is 66.8 Å². The highest BCUT2D eigenvalue weighted by Crippen LogP contribution is 2.38. The number of alkyl halides is 2. The van der Waals surface area contributed by atoms with Gasteiger partial charge in [0.25, 0.3) is 6.08 Å². The Morgan fingerprint density at radius 1 is 1.03 bits per heavy atom. The minimum absolute atomic E-state index is 0.290. The molecule has 1 saturated carbocycles.